The third kappa shape index (κ3) is 3.31. The fraction of sp³-hybridized carbons (Fsp3) is 0.545. The van der Waals surface area contributed by atoms with Crippen LogP contribution in [-0.4, -0.2) is 15.4 Å². The van der Waals surface area contributed by atoms with Crippen LogP contribution < -0.4 is 0 Å². The third-order valence-electron chi connectivity index (χ3n) is 2.43. The quantitative estimate of drug-likeness (QED) is 0.563. The Hall–Kier alpha value is -1.45. The maximum Gasteiger partial charge on any atom is 0.217 e. The lowest BCUT2D eigenvalue weighted by molar-refractivity contribution is -0.561. The Balaban J connectivity index is 2.61. The van der Waals surface area contributed by atoms with Gasteiger partial charge in [-0.2, -0.15) is 0 Å². The largest absolute Gasteiger partial charge is 0.264 e. The lowest BCUT2D eigenvalue weighted by atomic mass is 9.98. The summed E-state index contributed by atoms with van der Waals surface area (Å²) in [5, 5.41) is 10.7. The van der Waals surface area contributed by atoms with Gasteiger partial charge >= 0.3 is 0 Å². The monoisotopic (exact) mass is 208 g/mol. The number of nitrogens with zero attached hydrogens (tertiary/aromatic N) is 2. The van der Waals surface area contributed by atoms with Gasteiger partial charge in [0.05, 0.1) is 0 Å². The smallest absolute Gasteiger partial charge is 0.217 e. The zero-order valence-electron chi connectivity index (χ0n) is 9.36. The molecule has 0 aliphatic heterocycles. The average Bonchev–Trinajstić information content (AvgIpc) is 2.15. The number of pyridine rings is 1. The van der Waals surface area contributed by atoms with Crippen molar-refractivity contribution in [2.24, 2.45) is 0 Å². The molecule has 1 rings (SSSR count). The third-order valence-corrected chi connectivity index (χ3v) is 2.43. The molecule has 82 valence electrons. The molecule has 4 nitrogen and oxygen atoms in total. The minimum absolute atomic E-state index is 0.233. The first-order valence-electron chi connectivity index (χ1n) is 4.99. The fourth-order valence-corrected chi connectivity index (χ4v) is 1.26. The highest BCUT2D eigenvalue weighted by molar-refractivity contribution is 5.10. The van der Waals surface area contributed by atoms with Crippen molar-refractivity contribution in [2.45, 2.75) is 39.2 Å². The summed E-state index contributed by atoms with van der Waals surface area (Å²) >= 11 is 0. The highest BCUT2D eigenvalue weighted by Crippen LogP contribution is 2.16. The van der Waals surface area contributed by atoms with Gasteiger partial charge < -0.3 is 0 Å². The average molecular weight is 208 g/mol. The minimum Gasteiger partial charge on any atom is -0.264 e. The lowest BCUT2D eigenvalue weighted by Gasteiger charge is -2.14. The van der Waals surface area contributed by atoms with Gasteiger partial charge in [-0.1, -0.05) is 6.07 Å². The van der Waals surface area contributed by atoms with E-state index in [1.165, 1.54) is 0 Å². The molecule has 0 unspecified atom stereocenters. The Kier molecular flexibility index (Phi) is 3.39. The number of hydrogen-bond donors (Lipinski definition) is 0. The Morgan fingerprint density at radius 1 is 1.47 bits per heavy atom. The van der Waals surface area contributed by atoms with E-state index < -0.39 is 5.54 Å². The Morgan fingerprint density at radius 2 is 2.13 bits per heavy atom. The fourth-order valence-electron chi connectivity index (χ4n) is 1.26. The summed E-state index contributed by atoms with van der Waals surface area (Å²) in [6.07, 6.45) is 1.16. The van der Waals surface area contributed by atoms with Crippen molar-refractivity contribution in [1.82, 2.24) is 4.98 Å². The second-order valence-electron chi connectivity index (χ2n) is 4.34. The first kappa shape index (κ1) is 11.6. The second-order valence-corrected chi connectivity index (χ2v) is 4.34. The summed E-state index contributed by atoms with van der Waals surface area (Å²) in [5.74, 6) is 0. The highest BCUT2D eigenvalue weighted by atomic mass is 16.6. The summed E-state index contributed by atoms with van der Waals surface area (Å²) in [4.78, 5) is 14.8. The topological polar surface area (TPSA) is 56.0 Å². The van der Waals surface area contributed by atoms with Gasteiger partial charge in [0.2, 0.25) is 5.54 Å². The molecule has 0 radical (unpaired) electrons. The van der Waals surface area contributed by atoms with Gasteiger partial charge in [0.25, 0.3) is 0 Å². The van der Waals surface area contributed by atoms with Gasteiger partial charge in [-0.3, -0.25) is 15.1 Å². The van der Waals surface area contributed by atoms with E-state index in [1.54, 1.807) is 13.8 Å². The van der Waals surface area contributed by atoms with Crippen molar-refractivity contribution in [3.8, 4) is 0 Å². The van der Waals surface area contributed by atoms with Crippen molar-refractivity contribution in [1.29, 1.82) is 0 Å². The molecule has 0 amide bonds. The number of nitro groups is 1. The molecule has 4 heteroatoms. The van der Waals surface area contributed by atoms with E-state index in [-0.39, 0.29) is 4.92 Å². The summed E-state index contributed by atoms with van der Waals surface area (Å²) in [6.45, 7) is 5.20. The van der Waals surface area contributed by atoms with Gasteiger partial charge in [0, 0.05) is 36.6 Å². The van der Waals surface area contributed by atoms with Crippen LogP contribution in [0.1, 0.15) is 31.7 Å². The Labute approximate surface area is 89.5 Å². The second kappa shape index (κ2) is 4.38. The molecule has 0 fully saturated rings. The zero-order valence-corrected chi connectivity index (χ0v) is 9.36. The van der Waals surface area contributed by atoms with E-state index in [4.69, 9.17) is 0 Å². The Bertz CT molecular complexity index is 361. The van der Waals surface area contributed by atoms with Crippen molar-refractivity contribution in [3.05, 3.63) is 39.7 Å². The summed E-state index contributed by atoms with van der Waals surface area (Å²) in [5.41, 5.74) is 1.00. The standard InChI is InChI=1S/C11H16N2O2/c1-9-5-4-6-10(12-9)7-8-11(2,3)13(14)15/h4-6H,7-8H2,1-3H3. The van der Waals surface area contributed by atoms with Gasteiger partial charge in [0.15, 0.2) is 0 Å². The summed E-state index contributed by atoms with van der Waals surface area (Å²) in [6, 6.07) is 5.75. The van der Waals surface area contributed by atoms with Crippen LogP contribution in [0, 0.1) is 17.0 Å². The molecule has 1 aromatic heterocycles. The molecule has 15 heavy (non-hydrogen) atoms. The van der Waals surface area contributed by atoms with Crippen molar-refractivity contribution in [2.75, 3.05) is 0 Å². The predicted molar refractivity (Wildman–Crippen MR) is 58.4 cm³/mol. The van der Waals surface area contributed by atoms with Gasteiger partial charge in [-0.25, -0.2) is 0 Å². The zero-order chi connectivity index (χ0) is 11.5. The molecular weight excluding hydrogens is 192 g/mol. The van der Waals surface area contributed by atoms with E-state index in [0.29, 0.717) is 12.8 Å². The van der Waals surface area contributed by atoms with Crippen molar-refractivity contribution in [3.63, 3.8) is 0 Å². The molecule has 0 spiro atoms. The number of rotatable bonds is 4. The molecule has 0 aromatic carbocycles. The summed E-state index contributed by atoms with van der Waals surface area (Å²) < 4.78 is 0. The van der Waals surface area contributed by atoms with E-state index in [1.807, 2.05) is 25.1 Å². The van der Waals surface area contributed by atoms with Crippen molar-refractivity contribution >= 4 is 0 Å². The SMILES string of the molecule is Cc1cccc(CCC(C)(C)[N+](=O)[O-])n1. The van der Waals surface area contributed by atoms with Crippen LogP contribution in [0.4, 0.5) is 0 Å². The van der Waals surface area contributed by atoms with Gasteiger partial charge in [-0.05, 0) is 25.5 Å². The van der Waals surface area contributed by atoms with E-state index >= 15 is 0 Å². The molecule has 1 aromatic rings. The number of aryl methyl sites for hydroxylation is 2. The highest BCUT2D eigenvalue weighted by Gasteiger charge is 2.29. The van der Waals surface area contributed by atoms with Crippen LogP contribution in [0.3, 0.4) is 0 Å². The molecular formula is C11H16N2O2. The van der Waals surface area contributed by atoms with E-state index in [9.17, 15) is 10.1 Å². The molecule has 0 aliphatic carbocycles. The molecule has 0 atom stereocenters. The molecule has 0 N–H and O–H groups in total. The van der Waals surface area contributed by atoms with Crippen LogP contribution >= 0.6 is 0 Å². The number of aromatic nitrogens is 1. The van der Waals surface area contributed by atoms with E-state index in [2.05, 4.69) is 4.98 Å². The number of hydrogen-bond acceptors (Lipinski definition) is 3. The minimum atomic E-state index is -0.870. The molecule has 0 saturated carbocycles. The van der Waals surface area contributed by atoms with Crippen LogP contribution in [0.5, 0.6) is 0 Å². The van der Waals surface area contributed by atoms with E-state index in [0.717, 1.165) is 11.4 Å². The lowest BCUT2D eigenvalue weighted by Crippen LogP contribution is -2.31. The van der Waals surface area contributed by atoms with Crippen LogP contribution in [-0.2, 0) is 6.42 Å². The van der Waals surface area contributed by atoms with Crippen molar-refractivity contribution < 1.29 is 4.92 Å². The maximum absolute atomic E-state index is 10.7. The molecule has 0 saturated heterocycles. The van der Waals surface area contributed by atoms with Gasteiger partial charge in [-0.15, -0.1) is 0 Å². The molecule has 0 aliphatic rings. The first-order valence-corrected chi connectivity index (χ1v) is 4.99. The van der Waals surface area contributed by atoms with Crippen LogP contribution in [0.2, 0.25) is 0 Å². The predicted octanol–water partition coefficient (Wildman–Crippen LogP) is 2.38. The Morgan fingerprint density at radius 3 is 2.67 bits per heavy atom. The maximum atomic E-state index is 10.7. The normalized spacial score (nSPS) is 11.4. The van der Waals surface area contributed by atoms with Gasteiger partial charge in [0.1, 0.15) is 0 Å². The first-order chi connectivity index (χ1) is 6.92. The van der Waals surface area contributed by atoms with Crippen LogP contribution in [0.25, 0.3) is 0 Å². The summed E-state index contributed by atoms with van der Waals surface area (Å²) in [7, 11) is 0. The van der Waals surface area contributed by atoms with Crippen LogP contribution in [0.15, 0.2) is 18.2 Å². The molecule has 0 bridgehead atoms. The molecule has 1 heterocycles.